The molecule has 2 aromatic carbocycles. The number of piperazine rings is 1. The topological polar surface area (TPSA) is 79.4 Å². The molecule has 2 fully saturated rings. The van der Waals surface area contributed by atoms with Crippen LogP contribution in [0.5, 0.6) is 5.75 Å². The summed E-state index contributed by atoms with van der Waals surface area (Å²) in [4.78, 5) is 17.3. The molecule has 2 heterocycles. The number of hydrogen-bond donors (Lipinski definition) is 0. The van der Waals surface area contributed by atoms with Crippen LogP contribution in [0.3, 0.4) is 0 Å². The third-order valence-electron chi connectivity index (χ3n) is 6.72. The van der Waals surface area contributed by atoms with E-state index in [4.69, 9.17) is 9.47 Å². The standard InChI is InChI=1S/C25H33N3O5S/c1-19-5-4-6-22(20(19)2)26-9-11-27(12-10-26)25(29)18-21-7-8-23(32-3)24(17-21)34(30,31)28-13-15-33-16-14-28/h4-8,17H,9-16,18H2,1-3H3. The Labute approximate surface area is 202 Å². The highest BCUT2D eigenvalue weighted by Gasteiger charge is 2.30. The van der Waals surface area contributed by atoms with Crippen LogP contribution in [0.15, 0.2) is 41.3 Å². The minimum Gasteiger partial charge on any atom is -0.495 e. The molecule has 0 atom stereocenters. The molecule has 9 heteroatoms. The van der Waals surface area contributed by atoms with Gasteiger partial charge >= 0.3 is 0 Å². The van der Waals surface area contributed by atoms with Crippen molar-refractivity contribution in [2.45, 2.75) is 25.2 Å². The van der Waals surface area contributed by atoms with Gasteiger partial charge in [0.15, 0.2) is 0 Å². The lowest BCUT2D eigenvalue weighted by molar-refractivity contribution is -0.130. The van der Waals surface area contributed by atoms with Gasteiger partial charge in [-0.25, -0.2) is 8.42 Å². The lowest BCUT2D eigenvalue weighted by Gasteiger charge is -2.37. The van der Waals surface area contributed by atoms with Crippen LogP contribution >= 0.6 is 0 Å². The lowest BCUT2D eigenvalue weighted by Crippen LogP contribution is -2.49. The normalized spacial score (nSPS) is 17.6. The van der Waals surface area contributed by atoms with Crippen LogP contribution in [0, 0.1) is 13.8 Å². The van der Waals surface area contributed by atoms with Crippen LogP contribution in [0.2, 0.25) is 0 Å². The summed E-state index contributed by atoms with van der Waals surface area (Å²) in [5.41, 5.74) is 4.42. The number of carbonyl (C=O) groups is 1. The van der Waals surface area contributed by atoms with Gasteiger partial charge in [0.05, 0.1) is 26.7 Å². The van der Waals surface area contributed by atoms with Gasteiger partial charge in [-0.05, 0) is 48.7 Å². The Morgan fingerprint density at radius 1 is 1.00 bits per heavy atom. The predicted octanol–water partition coefficient (Wildman–Crippen LogP) is 2.22. The molecule has 0 unspecified atom stereocenters. The number of sulfonamides is 1. The molecule has 8 nitrogen and oxygen atoms in total. The molecule has 2 aliphatic rings. The first kappa shape index (κ1) is 24.5. The summed E-state index contributed by atoms with van der Waals surface area (Å²) in [6.45, 7) is 8.42. The van der Waals surface area contributed by atoms with Crippen molar-refractivity contribution in [3.05, 3.63) is 53.1 Å². The van der Waals surface area contributed by atoms with Crippen LogP contribution in [0.1, 0.15) is 16.7 Å². The Balaban J connectivity index is 1.44. The van der Waals surface area contributed by atoms with Crippen molar-refractivity contribution < 1.29 is 22.7 Å². The molecule has 0 N–H and O–H groups in total. The van der Waals surface area contributed by atoms with Crippen molar-refractivity contribution in [2.24, 2.45) is 0 Å². The second-order valence-electron chi connectivity index (χ2n) is 8.77. The smallest absolute Gasteiger partial charge is 0.246 e. The molecule has 0 aromatic heterocycles. The fraction of sp³-hybridized carbons (Fsp3) is 0.480. The summed E-state index contributed by atoms with van der Waals surface area (Å²) in [6, 6.07) is 11.3. The third kappa shape index (κ3) is 5.06. The highest BCUT2D eigenvalue weighted by atomic mass is 32.2. The van der Waals surface area contributed by atoms with Gasteiger partial charge in [-0.2, -0.15) is 4.31 Å². The maximum atomic E-state index is 13.2. The van der Waals surface area contributed by atoms with Gasteiger partial charge in [-0.15, -0.1) is 0 Å². The summed E-state index contributed by atoms with van der Waals surface area (Å²) in [5, 5.41) is 0. The molecule has 0 spiro atoms. The molecule has 0 radical (unpaired) electrons. The number of anilines is 1. The predicted molar refractivity (Wildman–Crippen MR) is 131 cm³/mol. The first-order chi connectivity index (χ1) is 16.3. The molecule has 34 heavy (non-hydrogen) atoms. The Morgan fingerprint density at radius 2 is 1.71 bits per heavy atom. The quantitative estimate of drug-likeness (QED) is 0.622. The molecule has 2 saturated heterocycles. The van der Waals surface area contributed by atoms with Crippen LogP contribution in [0.25, 0.3) is 0 Å². The van der Waals surface area contributed by atoms with E-state index in [1.165, 1.54) is 28.2 Å². The first-order valence-corrected chi connectivity index (χ1v) is 13.1. The van der Waals surface area contributed by atoms with Crippen molar-refractivity contribution in [3.8, 4) is 5.75 Å². The van der Waals surface area contributed by atoms with E-state index in [9.17, 15) is 13.2 Å². The van der Waals surface area contributed by atoms with E-state index in [0.29, 0.717) is 45.0 Å². The average Bonchev–Trinajstić information content (AvgIpc) is 2.86. The number of carbonyl (C=O) groups excluding carboxylic acids is 1. The van der Waals surface area contributed by atoms with Gasteiger partial charge in [-0.1, -0.05) is 18.2 Å². The number of morpholine rings is 1. The van der Waals surface area contributed by atoms with Crippen molar-refractivity contribution in [1.29, 1.82) is 0 Å². The van der Waals surface area contributed by atoms with E-state index in [1.54, 1.807) is 18.2 Å². The van der Waals surface area contributed by atoms with Crippen molar-refractivity contribution in [1.82, 2.24) is 9.21 Å². The van der Waals surface area contributed by atoms with E-state index in [-0.39, 0.29) is 23.0 Å². The fourth-order valence-electron chi connectivity index (χ4n) is 4.52. The Kier molecular flexibility index (Phi) is 7.45. The molecule has 2 aromatic rings. The summed E-state index contributed by atoms with van der Waals surface area (Å²) < 4.78 is 38.5. The number of benzene rings is 2. The number of methoxy groups -OCH3 is 1. The zero-order valence-electron chi connectivity index (χ0n) is 20.1. The fourth-order valence-corrected chi connectivity index (χ4v) is 6.13. The summed E-state index contributed by atoms with van der Waals surface area (Å²) in [5.74, 6) is 0.283. The third-order valence-corrected chi connectivity index (χ3v) is 8.64. The molecular weight excluding hydrogens is 454 g/mol. The molecule has 0 aliphatic carbocycles. The maximum absolute atomic E-state index is 13.2. The van der Waals surface area contributed by atoms with Crippen molar-refractivity contribution in [2.75, 3.05) is 64.5 Å². The summed E-state index contributed by atoms with van der Waals surface area (Å²) >= 11 is 0. The number of aryl methyl sites for hydroxylation is 1. The van der Waals surface area contributed by atoms with E-state index >= 15 is 0 Å². The number of ether oxygens (including phenoxy) is 2. The Bertz CT molecular complexity index is 1140. The maximum Gasteiger partial charge on any atom is 0.246 e. The van der Waals surface area contributed by atoms with Gasteiger partial charge in [0.25, 0.3) is 0 Å². The number of hydrogen-bond acceptors (Lipinski definition) is 6. The molecule has 0 bridgehead atoms. The Morgan fingerprint density at radius 3 is 2.38 bits per heavy atom. The minimum atomic E-state index is -3.74. The number of rotatable bonds is 6. The summed E-state index contributed by atoms with van der Waals surface area (Å²) in [7, 11) is -2.28. The molecule has 184 valence electrons. The van der Waals surface area contributed by atoms with Crippen LogP contribution in [0.4, 0.5) is 5.69 Å². The number of nitrogens with zero attached hydrogens (tertiary/aromatic N) is 3. The van der Waals surface area contributed by atoms with Gasteiger partial charge < -0.3 is 19.3 Å². The molecular formula is C25H33N3O5S. The van der Waals surface area contributed by atoms with Gasteiger partial charge in [0.2, 0.25) is 15.9 Å². The van der Waals surface area contributed by atoms with E-state index in [2.05, 4.69) is 36.9 Å². The van der Waals surface area contributed by atoms with Crippen LogP contribution < -0.4 is 9.64 Å². The van der Waals surface area contributed by atoms with Gasteiger partial charge in [0, 0.05) is 45.0 Å². The number of amides is 1. The summed E-state index contributed by atoms with van der Waals surface area (Å²) in [6.07, 6.45) is 0.152. The second-order valence-corrected chi connectivity index (χ2v) is 10.7. The SMILES string of the molecule is COc1ccc(CC(=O)N2CCN(c3cccc(C)c3C)CC2)cc1S(=O)(=O)N1CCOCC1. The lowest BCUT2D eigenvalue weighted by atomic mass is 10.1. The molecule has 0 saturated carbocycles. The van der Waals surface area contributed by atoms with Crippen molar-refractivity contribution >= 4 is 21.6 Å². The Hall–Kier alpha value is -2.62. The van der Waals surface area contributed by atoms with Crippen LogP contribution in [-0.2, 0) is 26.0 Å². The van der Waals surface area contributed by atoms with E-state index in [1.807, 2.05) is 4.90 Å². The molecule has 1 amide bonds. The second kappa shape index (κ2) is 10.3. The van der Waals surface area contributed by atoms with E-state index < -0.39 is 10.0 Å². The van der Waals surface area contributed by atoms with Crippen molar-refractivity contribution in [3.63, 3.8) is 0 Å². The highest BCUT2D eigenvalue weighted by molar-refractivity contribution is 7.89. The molecule has 2 aliphatic heterocycles. The zero-order chi connectivity index (χ0) is 24.3. The molecule has 4 rings (SSSR count). The van der Waals surface area contributed by atoms with Crippen LogP contribution in [-0.4, -0.2) is 83.1 Å². The van der Waals surface area contributed by atoms with Gasteiger partial charge in [-0.3, -0.25) is 4.79 Å². The minimum absolute atomic E-state index is 0.000464. The monoisotopic (exact) mass is 487 g/mol. The zero-order valence-corrected chi connectivity index (χ0v) is 20.9. The highest BCUT2D eigenvalue weighted by Crippen LogP contribution is 2.29. The average molecular weight is 488 g/mol. The van der Waals surface area contributed by atoms with E-state index in [0.717, 1.165) is 13.1 Å². The first-order valence-electron chi connectivity index (χ1n) is 11.6. The van der Waals surface area contributed by atoms with Gasteiger partial charge in [0.1, 0.15) is 10.6 Å². The largest absolute Gasteiger partial charge is 0.495 e.